The highest BCUT2D eigenvalue weighted by Crippen LogP contribution is 2.57. The van der Waals surface area contributed by atoms with Crippen LogP contribution in [0.2, 0.25) is 0 Å². The third kappa shape index (κ3) is 1.93. The number of carbonyl (C=O) groups is 1. The molecule has 1 saturated carbocycles. The molecular weight excluding hydrogens is 256 g/mol. The van der Waals surface area contributed by atoms with Crippen LogP contribution in [0.4, 0.5) is 0 Å². The lowest BCUT2D eigenvalue weighted by Crippen LogP contribution is -2.36. The average molecular weight is 280 g/mol. The molecule has 3 unspecified atom stereocenters. The highest BCUT2D eigenvalue weighted by molar-refractivity contribution is 5.99. The van der Waals surface area contributed by atoms with E-state index in [1.165, 1.54) is 24.0 Å². The fraction of sp³-hybridized carbons (Fsp3) is 0.550. The first-order chi connectivity index (χ1) is 9.87. The van der Waals surface area contributed by atoms with Crippen LogP contribution in [-0.2, 0) is 11.8 Å². The van der Waals surface area contributed by atoms with Crippen LogP contribution in [0.1, 0.15) is 61.5 Å². The summed E-state index contributed by atoms with van der Waals surface area (Å²) in [5.41, 5.74) is 4.03. The van der Waals surface area contributed by atoms with Crippen LogP contribution in [0.15, 0.2) is 30.4 Å². The number of benzene rings is 1. The second-order valence-corrected chi connectivity index (χ2v) is 8.45. The van der Waals surface area contributed by atoms with Crippen molar-refractivity contribution in [1.82, 2.24) is 0 Å². The molecule has 1 aromatic rings. The van der Waals surface area contributed by atoms with Crippen LogP contribution < -0.4 is 0 Å². The molecule has 0 radical (unpaired) electrons. The minimum Gasteiger partial charge on any atom is -0.294 e. The van der Waals surface area contributed by atoms with Crippen molar-refractivity contribution in [2.75, 3.05) is 0 Å². The maximum Gasteiger partial charge on any atom is 0.163 e. The predicted molar refractivity (Wildman–Crippen MR) is 85.6 cm³/mol. The van der Waals surface area contributed by atoms with E-state index >= 15 is 0 Å². The molecule has 0 amide bonds. The van der Waals surface area contributed by atoms with Crippen LogP contribution in [0.3, 0.4) is 0 Å². The summed E-state index contributed by atoms with van der Waals surface area (Å²) < 4.78 is 0. The van der Waals surface area contributed by atoms with Crippen molar-refractivity contribution in [3.8, 4) is 0 Å². The molecular formula is C20H24O. The number of carbonyl (C=O) groups excluding carboxylic acids is 1. The summed E-state index contributed by atoms with van der Waals surface area (Å²) in [5.74, 6) is 1.74. The lowest BCUT2D eigenvalue weighted by Gasteiger charge is -2.39. The van der Waals surface area contributed by atoms with Gasteiger partial charge in [0, 0.05) is 12.0 Å². The van der Waals surface area contributed by atoms with Gasteiger partial charge in [0.05, 0.1) is 0 Å². The van der Waals surface area contributed by atoms with Crippen LogP contribution in [0.5, 0.6) is 0 Å². The molecule has 3 atom stereocenters. The Bertz CT molecular complexity index is 646. The topological polar surface area (TPSA) is 17.1 Å². The number of fused-ring (bicyclic) bond motifs is 4. The third-order valence-electron chi connectivity index (χ3n) is 5.95. The Labute approximate surface area is 127 Å². The number of Topliss-reactive ketones (excluding diaryl/α,β-unsaturated/α-hetero) is 1. The molecule has 1 spiro atoms. The lowest BCUT2D eigenvalue weighted by atomic mass is 9.63. The average Bonchev–Trinajstić information content (AvgIpc) is 2.97. The Morgan fingerprint density at radius 2 is 1.95 bits per heavy atom. The van der Waals surface area contributed by atoms with Gasteiger partial charge in [0.2, 0.25) is 0 Å². The minimum absolute atomic E-state index is 0.150. The monoisotopic (exact) mass is 280 g/mol. The molecule has 3 aliphatic carbocycles. The van der Waals surface area contributed by atoms with E-state index in [1.54, 1.807) is 0 Å². The van der Waals surface area contributed by atoms with Crippen molar-refractivity contribution in [2.45, 2.75) is 51.9 Å². The van der Waals surface area contributed by atoms with E-state index in [0.717, 1.165) is 24.3 Å². The van der Waals surface area contributed by atoms with Gasteiger partial charge >= 0.3 is 0 Å². The van der Waals surface area contributed by atoms with Crippen molar-refractivity contribution in [3.05, 3.63) is 47.0 Å². The number of rotatable bonds is 0. The molecule has 1 nitrogen and oxygen atoms in total. The van der Waals surface area contributed by atoms with Gasteiger partial charge in [-0.2, -0.15) is 0 Å². The molecule has 110 valence electrons. The highest BCUT2D eigenvalue weighted by atomic mass is 16.1. The van der Waals surface area contributed by atoms with Crippen LogP contribution >= 0.6 is 0 Å². The first-order valence-corrected chi connectivity index (χ1v) is 8.22. The van der Waals surface area contributed by atoms with E-state index in [1.807, 2.05) is 0 Å². The van der Waals surface area contributed by atoms with Crippen LogP contribution in [-0.4, -0.2) is 5.78 Å². The Kier molecular flexibility index (Phi) is 2.59. The number of hydrogen-bond donors (Lipinski definition) is 0. The van der Waals surface area contributed by atoms with Gasteiger partial charge in [0.1, 0.15) is 0 Å². The molecule has 21 heavy (non-hydrogen) atoms. The number of ketones is 1. The van der Waals surface area contributed by atoms with Gasteiger partial charge in [-0.05, 0) is 53.1 Å². The Morgan fingerprint density at radius 1 is 1.14 bits per heavy atom. The standard InChI is InChI=1S/C20H24O/c1-19(2,3)15-6-7-17-14(9-15)11-20(12-18(17)21)10-13-4-5-16(20)8-13/h4-7,9,13,16H,8,10-12H2,1-3H3. The largest absolute Gasteiger partial charge is 0.294 e. The molecule has 1 fully saturated rings. The molecule has 0 heterocycles. The minimum atomic E-state index is 0.150. The van der Waals surface area contributed by atoms with Crippen molar-refractivity contribution < 1.29 is 4.79 Å². The first-order valence-electron chi connectivity index (χ1n) is 8.22. The van der Waals surface area contributed by atoms with Gasteiger partial charge in [0.15, 0.2) is 5.78 Å². The quantitative estimate of drug-likeness (QED) is 0.630. The fourth-order valence-corrected chi connectivity index (χ4v) is 4.80. The van der Waals surface area contributed by atoms with Gasteiger partial charge in [0.25, 0.3) is 0 Å². The van der Waals surface area contributed by atoms with Gasteiger partial charge in [-0.3, -0.25) is 4.79 Å². The number of allylic oxidation sites excluding steroid dienone is 2. The van der Waals surface area contributed by atoms with E-state index in [-0.39, 0.29) is 10.8 Å². The molecule has 3 aliphatic rings. The molecule has 2 bridgehead atoms. The van der Waals surface area contributed by atoms with E-state index in [9.17, 15) is 4.79 Å². The third-order valence-corrected chi connectivity index (χ3v) is 5.95. The molecule has 4 rings (SSSR count). The van der Waals surface area contributed by atoms with Gasteiger partial charge in [-0.1, -0.05) is 51.1 Å². The highest BCUT2D eigenvalue weighted by Gasteiger charge is 2.51. The zero-order valence-corrected chi connectivity index (χ0v) is 13.3. The van der Waals surface area contributed by atoms with Gasteiger partial charge in [-0.25, -0.2) is 0 Å². The van der Waals surface area contributed by atoms with E-state index in [4.69, 9.17) is 0 Å². The summed E-state index contributed by atoms with van der Waals surface area (Å²) in [7, 11) is 0. The maximum absolute atomic E-state index is 12.7. The summed E-state index contributed by atoms with van der Waals surface area (Å²) in [5, 5.41) is 0. The molecule has 1 aromatic carbocycles. The first kappa shape index (κ1) is 13.3. The summed E-state index contributed by atoms with van der Waals surface area (Å²) in [6, 6.07) is 6.54. The van der Waals surface area contributed by atoms with Gasteiger partial charge in [-0.15, -0.1) is 0 Å². The second kappa shape index (κ2) is 4.09. The van der Waals surface area contributed by atoms with Crippen molar-refractivity contribution in [3.63, 3.8) is 0 Å². The fourth-order valence-electron chi connectivity index (χ4n) is 4.80. The van der Waals surface area contributed by atoms with Crippen molar-refractivity contribution in [1.29, 1.82) is 0 Å². The van der Waals surface area contributed by atoms with Crippen LogP contribution in [0.25, 0.3) is 0 Å². The maximum atomic E-state index is 12.7. The molecule has 0 saturated heterocycles. The smallest absolute Gasteiger partial charge is 0.163 e. The summed E-state index contributed by atoms with van der Waals surface area (Å²) in [6.07, 6.45) is 9.13. The molecule has 1 heteroatoms. The zero-order valence-electron chi connectivity index (χ0n) is 13.3. The Morgan fingerprint density at radius 3 is 2.57 bits per heavy atom. The molecule has 0 aromatic heterocycles. The summed E-state index contributed by atoms with van der Waals surface area (Å²) in [6.45, 7) is 6.74. The Hall–Kier alpha value is -1.37. The van der Waals surface area contributed by atoms with E-state index < -0.39 is 0 Å². The van der Waals surface area contributed by atoms with Crippen molar-refractivity contribution >= 4 is 5.78 Å². The number of hydrogen-bond acceptors (Lipinski definition) is 1. The SMILES string of the molecule is CC(C)(C)c1ccc2c(c1)CC1(CC2=O)CC2C=CC1C2. The molecule has 0 aliphatic heterocycles. The Balaban J connectivity index is 1.77. The summed E-state index contributed by atoms with van der Waals surface area (Å²) >= 11 is 0. The van der Waals surface area contributed by atoms with Gasteiger partial charge < -0.3 is 0 Å². The van der Waals surface area contributed by atoms with E-state index in [2.05, 4.69) is 51.1 Å². The zero-order chi connectivity index (χ0) is 14.8. The second-order valence-electron chi connectivity index (χ2n) is 8.45. The van der Waals surface area contributed by atoms with E-state index in [0.29, 0.717) is 11.7 Å². The predicted octanol–water partition coefficient (Wildman–Crippen LogP) is 4.70. The normalized spacial score (nSPS) is 33.8. The molecule has 0 N–H and O–H groups in total. The lowest BCUT2D eigenvalue weighted by molar-refractivity contribution is 0.0848. The summed E-state index contributed by atoms with van der Waals surface area (Å²) in [4.78, 5) is 12.7. The van der Waals surface area contributed by atoms with Crippen LogP contribution in [0, 0.1) is 17.3 Å². The van der Waals surface area contributed by atoms with Crippen molar-refractivity contribution in [2.24, 2.45) is 17.3 Å².